The molecular weight excluding hydrogens is 562 g/mol. The number of benzene rings is 2. The molecule has 4 N–H and O–H groups in total. The third-order valence-corrected chi connectivity index (χ3v) is 8.77. The summed E-state index contributed by atoms with van der Waals surface area (Å²) in [5, 5.41) is 11.9. The van der Waals surface area contributed by atoms with Crippen LogP contribution in [0.15, 0.2) is 48.5 Å². The van der Waals surface area contributed by atoms with Crippen LogP contribution in [0.25, 0.3) is 0 Å². The Kier molecular flexibility index (Phi) is 12.4. The second-order valence-electron chi connectivity index (χ2n) is 12.5. The summed E-state index contributed by atoms with van der Waals surface area (Å²) in [5.74, 6) is -0.523. The lowest BCUT2D eigenvalue weighted by atomic mass is 9.80. The van der Waals surface area contributed by atoms with E-state index < -0.39 is 12.1 Å². The number of halogens is 1. The normalized spacial score (nSPS) is 20.7. The molecule has 4 atom stereocenters. The predicted molar refractivity (Wildman–Crippen MR) is 172 cm³/mol. The minimum absolute atomic E-state index is 0.0265. The van der Waals surface area contributed by atoms with Gasteiger partial charge in [-0.3, -0.25) is 19.8 Å². The quantitative estimate of drug-likeness (QED) is 0.261. The number of hydrogen-bond donors (Lipinski definition) is 4. The lowest BCUT2D eigenvalue weighted by Crippen LogP contribution is -2.55. The summed E-state index contributed by atoms with van der Waals surface area (Å²) in [4.78, 5) is 39.6. The Morgan fingerprint density at radius 2 is 1.60 bits per heavy atom. The van der Waals surface area contributed by atoms with Crippen LogP contribution in [0.2, 0.25) is 5.02 Å². The topological polar surface area (TPSA) is 103 Å². The fourth-order valence-corrected chi connectivity index (χ4v) is 6.30. The molecule has 8 nitrogen and oxygen atoms in total. The Balaban J connectivity index is 1.31. The molecule has 0 bridgehead atoms. The maximum Gasteiger partial charge on any atom is 0.251 e. The van der Waals surface area contributed by atoms with Crippen molar-refractivity contribution in [2.45, 2.75) is 103 Å². The average molecular weight is 610 g/mol. The molecule has 0 aromatic heterocycles. The lowest BCUT2D eigenvalue weighted by molar-refractivity contribution is -0.130. The van der Waals surface area contributed by atoms with Gasteiger partial charge in [-0.2, -0.15) is 0 Å². The Bertz CT molecular complexity index is 1210. The summed E-state index contributed by atoms with van der Waals surface area (Å²) >= 11 is 6.26. The van der Waals surface area contributed by atoms with E-state index in [1.807, 2.05) is 44.2 Å². The van der Waals surface area contributed by atoms with Gasteiger partial charge in [0.1, 0.15) is 12.1 Å². The average Bonchev–Trinajstić information content (AvgIpc) is 3.00. The molecule has 3 amide bonds. The SMILES string of the molecule is CC(C)C[C@H](NC(=O)[C@H](C)NC(=O)c1ccc(CNN2CCCCC2)cc1)C(=O)NC1CCCC[C@H]1c1cccc(Cl)c1. The van der Waals surface area contributed by atoms with E-state index >= 15 is 0 Å². The molecule has 2 aliphatic rings. The molecule has 1 aliphatic heterocycles. The first-order valence-corrected chi connectivity index (χ1v) is 16.3. The van der Waals surface area contributed by atoms with Crippen LogP contribution >= 0.6 is 11.6 Å². The van der Waals surface area contributed by atoms with E-state index in [4.69, 9.17) is 11.6 Å². The van der Waals surface area contributed by atoms with Crippen LogP contribution in [-0.2, 0) is 16.1 Å². The van der Waals surface area contributed by atoms with Crippen molar-refractivity contribution in [1.29, 1.82) is 0 Å². The molecule has 1 heterocycles. The van der Waals surface area contributed by atoms with Gasteiger partial charge in [0, 0.05) is 42.2 Å². The van der Waals surface area contributed by atoms with Crippen molar-refractivity contribution in [1.82, 2.24) is 26.4 Å². The largest absolute Gasteiger partial charge is 0.351 e. The zero-order chi connectivity index (χ0) is 30.8. The first-order chi connectivity index (χ1) is 20.7. The number of hydrazine groups is 1. The number of carbonyl (C=O) groups is 3. The molecule has 2 aromatic rings. The first-order valence-electron chi connectivity index (χ1n) is 15.9. The summed E-state index contributed by atoms with van der Waals surface area (Å²) in [6.45, 7) is 8.53. The van der Waals surface area contributed by atoms with Gasteiger partial charge in [-0.15, -0.1) is 0 Å². The molecule has 4 rings (SSSR count). The molecule has 43 heavy (non-hydrogen) atoms. The van der Waals surface area contributed by atoms with E-state index in [1.165, 1.54) is 19.3 Å². The lowest BCUT2D eigenvalue weighted by Gasteiger charge is -2.34. The smallest absolute Gasteiger partial charge is 0.251 e. The Morgan fingerprint density at radius 3 is 2.30 bits per heavy atom. The Labute approximate surface area is 261 Å². The molecule has 2 fully saturated rings. The number of nitrogens with zero attached hydrogens (tertiary/aromatic N) is 1. The Hall–Kier alpha value is -2.94. The monoisotopic (exact) mass is 609 g/mol. The van der Waals surface area contributed by atoms with Crippen LogP contribution in [0.5, 0.6) is 0 Å². The second-order valence-corrected chi connectivity index (χ2v) is 13.0. The minimum atomic E-state index is -0.802. The van der Waals surface area contributed by atoms with E-state index in [-0.39, 0.29) is 35.6 Å². The van der Waals surface area contributed by atoms with Gasteiger partial charge in [-0.1, -0.05) is 69.0 Å². The third-order valence-electron chi connectivity index (χ3n) is 8.53. The summed E-state index contributed by atoms with van der Waals surface area (Å²) in [6, 6.07) is 13.8. The van der Waals surface area contributed by atoms with E-state index in [0.717, 1.165) is 49.9 Å². The summed E-state index contributed by atoms with van der Waals surface area (Å²) in [6.07, 6.45) is 8.22. The molecule has 0 radical (unpaired) electrons. The highest BCUT2D eigenvalue weighted by Crippen LogP contribution is 2.34. The van der Waals surface area contributed by atoms with Gasteiger partial charge in [0.15, 0.2) is 0 Å². The highest BCUT2D eigenvalue weighted by molar-refractivity contribution is 6.30. The highest BCUT2D eigenvalue weighted by atomic mass is 35.5. The van der Waals surface area contributed by atoms with Crippen LogP contribution in [0.4, 0.5) is 0 Å². The number of hydrogen-bond acceptors (Lipinski definition) is 5. The van der Waals surface area contributed by atoms with Gasteiger partial charge in [0.05, 0.1) is 0 Å². The maximum atomic E-state index is 13.5. The molecule has 2 aromatic carbocycles. The molecular formula is C34H48ClN5O3. The second kappa shape index (κ2) is 16.2. The number of rotatable bonds is 12. The number of nitrogens with one attached hydrogen (secondary N) is 4. The van der Waals surface area contributed by atoms with Gasteiger partial charge < -0.3 is 16.0 Å². The Morgan fingerprint density at radius 1 is 0.884 bits per heavy atom. The van der Waals surface area contributed by atoms with E-state index in [1.54, 1.807) is 19.1 Å². The molecule has 1 aliphatic carbocycles. The molecule has 1 saturated carbocycles. The van der Waals surface area contributed by atoms with Gasteiger partial charge in [-0.25, -0.2) is 5.01 Å². The van der Waals surface area contributed by atoms with E-state index in [2.05, 4.69) is 32.5 Å². The van der Waals surface area contributed by atoms with Gasteiger partial charge in [0.2, 0.25) is 11.8 Å². The van der Waals surface area contributed by atoms with Gasteiger partial charge in [0.25, 0.3) is 5.91 Å². The van der Waals surface area contributed by atoms with Crippen molar-refractivity contribution >= 4 is 29.3 Å². The fourth-order valence-electron chi connectivity index (χ4n) is 6.10. The van der Waals surface area contributed by atoms with Crippen molar-refractivity contribution in [3.8, 4) is 0 Å². The van der Waals surface area contributed by atoms with Crippen molar-refractivity contribution in [2.24, 2.45) is 5.92 Å². The van der Waals surface area contributed by atoms with Crippen LogP contribution in [0.1, 0.15) is 99.5 Å². The predicted octanol–water partition coefficient (Wildman–Crippen LogP) is 5.32. The number of piperidine rings is 1. The molecule has 9 heteroatoms. The highest BCUT2D eigenvalue weighted by Gasteiger charge is 2.32. The summed E-state index contributed by atoms with van der Waals surface area (Å²) < 4.78 is 0. The zero-order valence-corrected chi connectivity index (χ0v) is 26.6. The van der Waals surface area contributed by atoms with Crippen molar-refractivity contribution in [3.63, 3.8) is 0 Å². The molecule has 1 unspecified atom stereocenters. The van der Waals surface area contributed by atoms with E-state index in [9.17, 15) is 14.4 Å². The number of carbonyl (C=O) groups excluding carboxylic acids is 3. The summed E-state index contributed by atoms with van der Waals surface area (Å²) in [5.41, 5.74) is 6.16. The van der Waals surface area contributed by atoms with Gasteiger partial charge >= 0.3 is 0 Å². The molecule has 234 valence electrons. The van der Waals surface area contributed by atoms with Crippen LogP contribution in [-0.4, -0.2) is 53.9 Å². The molecule has 0 spiro atoms. The first kappa shape index (κ1) is 33.0. The molecule has 1 saturated heterocycles. The summed E-state index contributed by atoms with van der Waals surface area (Å²) in [7, 11) is 0. The minimum Gasteiger partial charge on any atom is -0.351 e. The fraction of sp³-hybridized carbons (Fsp3) is 0.559. The van der Waals surface area contributed by atoms with Crippen LogP contribution < -0.4 is 21.4 Å². The van der Waals surface area contributed by atoms with Crippen LogP contribution in [0, 0.1) is 5.92 Å². The standard InChI is InChI=1S/C34H48ClN5O3/c1-23(2)20-31(34(43)38-30-13-6-5-12-29(30)27-10-9-11-28(35)21-27)39-32(41)24(3)37-33(42)26-16-14-25(15-17-26)22-36-40-18-7-4-8-19-40/h9-11,14-17,21,23-24,29-31,36H,4-8,12-13,18-20,22H2,1-3H3,(H,37,42)(H,38,43)(H,39,41)/t24-,29-,30?,31-/m0/s1. The van der Waals surface area contributed by atoms with Crippen molar-refractivity contribution < 1.29 is 14.4 Å². The van der Waals surface area contributed by atoms with Crippen molar-refractivity contribution in [3.05, 3.63) is 70.2 Å². The zero-order valence-electron chi connectivity index (χ0n) is 25.8. The van der Waals surface area contributed by atoms with Gasteiger partial charge in [-0.05, 0) is 80.3 Å². The number of amides is 3. The van der Waals surface area contributed by atoms with Crippen molar-refractivity contribution in [2.75, 3.05) is 13.1 Å². The maximum absolute atomic E-state index is 13.5. The third kappa shape index (κ3) is 10.1. The van der Waals surface area contributed by atoms with Crippen LogP contribution in [0.3, 0.4) is 0 Å². The van der Waals surface area contributed by atoms with E-state index in [0.29, 0.717) is 23.6 Å².